The Balaban J connectivity index is 1.74. The second-order valence-electron chi connectivity index (χ2n) is 9.16. The van der Waals surface area contributed by atoms with Crippen molar-refractivity contribution in [1.82, 2.24) is 10.2 Å². The lowest BCUT2D eigenvalue weighted by Gasteiger charge is -2.12. The topological polar surface area (TPSA) is 165 Å². The number of carbonyl (C=O) groups is 3. The Bertz CT molecular complexity index is 1910. The van der Waals surface area contributed by atoms with Gasteiger partial charge < -0.3 is 20.4 Å². The van der Waals surface area contributed by atoms with Gasteiger partial charge >= 0.3 is 11.9 Å². The average molecular weight is 633 g/mol. The molecule has 0 bridgehead atoms. The van der Waals surface area contributed by atoms with Crippen molar-refractivity contribution in [1.29, 1.82) is 0 Å². The van der Waals surface area contributed by atoms with Gasteiger partial charge in [0.1, 0.15) is 22.9 Å². The van der Waals surface area contributed by atoms with E-state index in [0.29, 0.717) is 10.8 Å². The van der Waals surface area contributed by atoms with Gasteiger partial charge in [0, 0.05) is 10.6 Å². The van der Waals surface area contributed by atoms with Gasteiger partial charge in [-0.25, -0.2) is 5.43 Å². The lowest BCUT2D eigenvalue weighted by Crippen LogP contribution is -2.34. The van der Waals surface area contributed by atoms with Crippen LogP contribution in [-0.2, 0) is 11.0 Å². The van der Waals surface area contributed by atoms with Gasteiger partial charge in [0.2, 0.25) is 5.78 Å². The Morgan fingerprint density at radius 1 is 1.09 bits per heavy atom. The highest BCUT2D eigenvalue weighted by Crippen LogP contribution is 2.36. The Labute approximate surface area is 250 Å². The quantitative estimate of drug-likeness (QED) is 0.0731. The minimum Gasteiger partial charge on any atom is -0.507 e. The number of para-hydroxylation sites is 1. The van der Waals surface area contributed by atoms with Crippen molar-refractivity contribution >= 4 is 51.6 Å². The molecule has 0 fully saturated rings. The monoisotopic (exact) mass is 632 g/mol. The Kier molecular flexibility index (Phi) is 8.90. The number of methoxy groups -OCH3 is 1. The molecule has 3 aromatic carbocycles. The molecule has 0 atom stereocenters. The first-order valence-electron chi connectivity index (χ1n) is 12.4. The van der Waals surface area contributed by atoms with Crippen LogP contribution in [0.2, 0.25) is 5.02 Å². The first-order valence-corrected chi connectivity index (χ1v) is 12.8. The number of ketones is 1. The molecule has 2 amide bonds. The van der Waals surface area contributed by atoms with E-state index >= 15 is 0 Å². The van der Waals surface area contributed by atoms with Crippen molar-refractivity contribution in [2.75, 3.05) is 12.4 Å². The number of nitrogens with zero attached hydrogens (tertiary/aromatic N) is 3. The van der Waals surface area contributed by atoms with E-state index in [-0.39, 0.29) is 38.2 Å². The van der Waals surface area contributed by atoms with Crippen LogP contribution >= 0.6 is 11.6 Å². The highest BCUT2D eigenvalue weighted by Gasteiger charge is 2.34. The number of rotatable bonds is 8. The number of ether oxygens (including phenoxy) is 1. The summed E-state index contributed by atoms with van der Waals surface area (Å²) >= 11 is 5.64. The maximum atomic E-state index is 13.4. The number of aromatic nitrogens is 2. The van der Waals surface area contributed by atoms with Gasteiger partial charge in [-0.1, -0.05) is 23.7 Å². The molecule has 0 saturated heterocycles. The number of fused-ring (bicyclic) bond motifs is 1. The number of hydrogen-bond acceptors (Lipinski definition) is 8. The SMILES string of the molecule is COc1ccc2c(c1)[n+](=O)c(C(=O)C/C(=N/NC(=O)c1ccccc1O)C(=O)Nc1ccc(Cl)c(C(F)(F)F)c1)c(C)n2O. The lowest BCUT2D eigenvalue weighted by molar-refractivity contribution is -0.469. The van der Waals surface area contributed by atoms with Gasteiger partial charge in [-0.15, -0.1) is 0 Å². The van der Waals surface area contributed by atoms with Gasteiger partial charge in [0.15, 0.2) is 5.52 Å². The summed E-state index contributed by atoms with van der Waals surface area (Å²) in [4.78, 5) is 52.5. The van der Waals surface area contributed by atoms with Crippen LogP contribution in [0.5, 0.6) is 11.5 Å². The molecule has 0 aliphatic carbocycles. The van der Waals surface area contributed by atoms with Gasteiger partial charge in [0.25, 0.3) is 17.3 Å². The summed E-state index contributed by atoms with van der Waals surface area (Å²) < 4.78 is 46.0. The first kappa shape index (κ1) is 31.5. The fraction of sp³-hybridized carbons (Fsp3) is 0.143. The number of carbonyl (C=O) groups excluding carboxylic acids is 3. The van der Waals surface area contributed by atoms with Crippen LogP contribution in [0.25, 0.3) is 11.0 Å². The molecule has 4 rings (SSSR count). The second-order valence-corrected chi connectivity index (χ2v) is 9.57. The standard InChI is InChI=1S/C28H21ClF3N5O7/c1-14-25(37(43)22-12-16(44-2)8-10-21(22)36(14)42)24(39)13-20(34-35-26(40)17-5-3-4-6-23(17)38)27(41)33-15-7-9-19(29)18(11-15)28(30,31)32/h3-12,42H,13H2,1-2H3,(H2-,33,35,38,40,41)/p+1. The van der Waals surface area contributed by atoms with Crippen molar-refractivity contribution in [3.8, 4) is 11.5 Å². The van der Waals surface area contributed by atoms with Crippen molar-refractivity contribution in [3.05, 3.63) is 93.1 Å². The number of nitrogens with one attached hydrogen (secondary N) is 2. The number of hydrogen-bond donors (Lipinski definition) is 4. The van der Waals surface area contributed by atoms with Crippen LogP contribution < -0.4 is 19.9 Å². The maximum absolute atomic E-state index is 13.4. The highest BCUT2D eigenvalue weighted by atomic mass is 35.5. The van der Waals surface area contributed by atoms with E-state index in [0.717, 1.165) is 12.1 Å². The number of aromatic hydroxyl groups is 1. The molecule has 228 valence electrons. The van der Waals surface area contributed by atoms with Gasteiger partial charge in [0.05, 0.1) is 40.2 Å². The van der Waals surface area contributed by atoms with Crippen LogP contribution in [0.3, 0.4) is 0 Å². The van der Waals surface area contributed by atoms with Crippen molar-refractivity contribution in [3.63, 3.8) is 0 Å². The predicted molar refractivity (Wildman–Crippen MR) is 151 cm³/mol. The summed E-state index contributed by atoms with van der Waals surface area (Å²) in [5.41, 5.74) is -1.55. The molecule has 0 aliphatic heterocycles. The number of amides is 2. The number of phenols is 1. The fourth-order valence-electron chi connectivity index (χ4n) is 4.11. The van der Waals surface area contributed by atoms with E-state index in [1.54, 1.807) is 0 Å². The van der Waals surface area contributed by atoms with Crippen molar-refractivity contribution < 1.29 is 47.0 Å². The molecule has 1 heterocycles. The minimum absolute atomic E-state index is 0.0274. The van der Waals surface area contributed by atoms with Crippen LogP contribution in [0, 0.1) is 11.8 Å². The summed E-state index contributed by atoms with van der Waals surface area (Å²) in [7, 11) is 1.34. The largest absolute Gasteiger partial charge is 0.507 e. The molecule has 44 heavy (non-hydrogen) atoms. The molecule has 0 radical (unpaired) electrons. The molecule has 4 aromatic rings. The number of benzene rings is 3. The molecular formula is C28H22ClF3N5O7+. The second kappa shape index (κ2) is 12.4. The number of phenolic OH excluding ortho intramolecular Hbond substituents is 1. The van der Waals surface area contributed by atoms with Crippen molar-refractivity contribution in [2.45, 2.75) is 19.5 Å². The smallest absolute Gasteiger partial charge is 0.417 e. The number of alkyl halides is 3. The van der Waals surface area contributed by atoms with Gasteiger partial charge in [-0.2, -0.15) is 23.0 Å². The number of anilines is 1. The van der Waals surface area contributed by atoms with Crippen LogP contribution in [0.1, 0.15) is 38.5 Å². The summed E-state index contributed by atoms with van der Waals surface area (Å²) in [5.74, 6) is -3.46. The van der Waals surface area contributed by atoms with Crippen LogP contribution in [-0.4, -0.2) is 45.5 Å². The van der Waals surface area contributed by atoms with E-state index in [1.807, 2.05) is 5.43 Å². The molecule has 12 nitrogen and oxygen atoms in total. The summed E-state index contributed by atoms with van der Waals surface area (Å²) in [6.45, 7) is 1.26. The Morgan fingerprint density at radius 2 is 1.80 bits per heavy atom. The number of hydrazone groups is 1. The zero-order valence-corrected chi connectivity index (χ0v) is 23.5. The summed E-state index contributed by atoms with van der Waals surface area (Å²) in [6, 6.07) is 12.0. The molecule has 0 unspecified atom stereocenters. The molecule has 16 heteroatoms. The summed E-state index contributed by atoms with van der Waals surface area (Å²) in [5, 5.41) is 25.8. The molecule has 0 spiro atoms. The molecule has 0 aliphatic rings. The summed E-state index contributed by atoms with van der Waals surface area (Å²) in [6.07, 6.45) is -5.82. The van der Waals surface area contributed by atoms with E-state index in [4.69, 9.17) is 16.3 Å². The third-order valence-corrected chi connectivity index (χ3v) is 6.65. The molecule has 1 aromatic heterocycles. The number of halogens is 4. The predicted octanol–water partition coefficient (Wildman–Crippen LogP) is 4.49. The maximum Gasteiger partial charge on any atom is 0.417 e. The minimum atomic E-state index is -4.85. The van der Waals surface area contributed by atoms with Gasteiger partial charge in [-0.05, 0) is 49.4 Å². The Hall–Kier alpha value is -5.44. The zero-order chi connectivity index (χ0) is 32.3. The highest BCUT2D eigenvalue weighted by molar-refractivity contribution is 6.46. The fourth-order valence-corrected chi connectivity index (χ4v) is 4.33. The zero-order valence-electron chi connectivity index (χ0n) is 22.8. The van der Waals surface area contributed by atoms with E-state index < -0.39 is 57.9 Å². The third-order valence-electron chi connectivity index (χ3n) is 6.32. The van der Waals surface area contributed by atoms with Crippen LogP contribution in [0.15, 0.2) is 65.8 Å². The van der Waals surface area contributed by atoms with E-state index in [9.17, 15) is 42.8 Å². The average Bonchev–Trinajstić information content (AvgIpc) is 2.98. The van der Waals surface area contributed by atoms with Crippen molar-refractivity contribution in [2.24, 2.45) is 5.10 Å². The van der Waals surface area contributed by atoms with Gasteiger partial charge in [-0.3, -0.25) is 14.4 Å². The first-order chi connectivity index (χ1) is 20.7. The lowest BCUT2D eigenvalue weighted by atomic mass is 10.1. The molecule has 0 saturated carbocycles. The van der Waals surface area contributed by atoms with Crippen LogP contribution in [0.4, 0.5) is 18.9 Å². The normalized spacial score (nSPS) is 11.7. The van der Waals surface area contributed by atoms with E-state index in [1.165, 1.54) is 56.5 Å². The number of Topliss-reactive ketones (excluding diaryl/α,β-unsaturated/α-hetero) is 1. The molecule has 4 N–H and O–H groups in total. The Morgan fingerprint density at radius 3 is 2.45 bits per heavy atom. The third kappa shape index (κ3) is 6.47. The molecular weight excluding hydrogens is 611 g/mol. The van der Waals surface area contributed by atoms with E-state index in [2.05, 4.69) is 10.4 Å².